The number of phenols is 1. The molecule has 0 aliphatic carbocycles. The van der Waals surface area contributed by atoms with Crippen molar-refractivity contribution in [2.45, 2.75) is 6.42 Å². The first-order valence-electron chi connectivity index (χ1n) is 4.18. The van der Waals surface area contributed by atoms with Crippen molar-refractivity contribution in [1.82, 2.24) is 0 Å². The number of hydrogen-bond acceptors (Lipinski definition) is 3. The zero-order chi connectivity index (χ0) is 11.3. The Morgan fingerprint density at radius 2 is 2.27 bits per heavy atom. The lowest BCUT2D eigenvalue weighted by molar-refractivity contribution is -0.385. The second-order valence-corrected chi connectivity index (χ2v) is 3.46. The van der Waals surface area contributed by atoms with E-state index < -0.39 is 4.92 Å². The normalized spacial score (nSPS) is 9.13. The summed E-state index contributed by atoms with van der Waals surface area (Å²) < 4.78 is 0. The average Bonchev–Trinajstić information content (AvgIpc) is 2.20. The quantitative estimate of drug-likeness (QED) is 0.388. The molecule has 1 rings (SSSR count). The first kappa shape index (κ1) is 11.5. The van der Waals surface area contributed by atoms with E-state index in [4.69, 9.17) is 0 Å². The third-order valence-electron chi connectivity index (χ3n) is 1.65. The molecule has 1 aromatic rings. The number of nitro groups is 1. The Morgan fingerprint density at radius 1 is 1.53 bits per heavy atom. The van der Waals surface area contributed by atoms with E-state index in [-0.39, 0.29) is 17.0 Å². The molecule has 0 saturated carbocycles. The molecule has 0 heterocycles. The van der Waals surface area contributed by atoms with Crippen LogP contribution in [-0.4, -0.2) is 15.4 Å². The third kappa shape index (κ3) is 2.96. The predicted octanol–water partition coefficient (Wildman–Crippen LogP) is 2.44. The lowest BCUT2D eigenvalue weighted by Crippen LogP contribution is -1.89. The molecular formula is C10H8BrNO3. The zero-order valence-electron chi connectivity index (χ0n) is 7.74. The molecule has 0 atom stereocenters. The van der Waals surface area contributed by atoms with Gasteiger partial charge < -0.3 is 5.11 Å². The van der Waals surface area contributed by atoms with E-state index >= 15 is 0 Å². The lowest BCUT2D eigenvalue weighted by Gasteiger charge is -1.97. The number of nitrogens with zero attached hydrogens (tertiary/aromatic N) is 1. The summed E-state index contributed by atoms with van der Waals surface area (Å²) in [5.41, 5.74) is -0.0363. The lowest BCUT2D eigenvalue weighted by atomic mass is 10.2. The maximum atomic E-state index is 10.5. The van der Waals surface area contributed by atoms with E-state index in [0.717, 1.165) is 5.33 Å². The molecule has 0 spiro atoms. The number of aromatic hydroxyl groups is 1. The van der Waals surface area contributed by atoms with E-state index in [1.807, 2.05) is 0 Å². The highest BCUT2D eigenvalue weighted by molar-refractivity contribution is 9.09. The van der Waals surface area contributed by atoms with Crippen molar-refractivity contribution in [3.05, 3.63) is 33.9 Å². The Balaban J connectivity index is 3.06. The van der Waals surface area contributed by atoms with Crippen LogP contribution in [0.3, 0.4) is 0 Å². The smallest absolute Gasteiger partial charge is 0.312 e. The summed E-state index contributed by atoms with van der Waals surface area (Å²) in [6, 6.07) is 4.28. The van der Waals surface area contributed by atoms with Crippen molar-refractivity contribution in [3.8, 4) is 17.6 Å². The van der Waals surface area contributed by atoms with Crippen molar-refractivity contribution in [1.29, 1.82) is 0 Å². The van der Waals surface area contributed by atoms with E-state index in [2.05, 4.69) is 27.8 Å². The van der Waals surface area contributed by atoms with Crippen LogP contribution in [0.2, 0.25) is 0 Å². The zero-order valence-corrected chi connectivity index (χ0v) is 9.32. The van der Waals surface area contributed by atoms with Gasteiger partial charge in [-0.25, -0.2) is 0 Å². The topological polar surface area (TPSA) is 63.4 Å². The summed E-state index contributed by atoms with van der Waals surface area (Å²) in [5.74, 6) is 5.08. The van der Waals surface area contributed by atoms with Gasteiger partial charge in [-0.15, -0.1) is 0 Å². The second-order valence-electron chi connectivity index (χ2n) is 2.67. The fourth-order valence-corrected chi connectivity index (χ4v) is 1.18. The summed E-state index contributed by atoms with van der Waals surface area (Å²) in [5, 5.41) is 20.7. The summed E-state index contributed by atoms with van der Waals surface area (Å²) in [4.78, 5) is 9.86. The molecule has 0 saturated heterocycles. The van der Waals surface area contributed by atoms with Gasteiger partial charge in [-0.05, 0) is 6.07 Å². The van der Waals surface area contributed by atoms with Crippen LogP contribution in [0.4, 0.5) is 5.69 Å². The Bertz CT molecular complexity index is 434. The number of benzene rings is 1. The molecule has 0 aliphatic heterocycles. The van der Waals surface area contributed by atoms with Gasteiger partial charge in [0.05, 0.1) is 10.5 Å². The van der Waals surface area contributed by atoms with Gasteiger partial charge in [-0.1, -0.05) is 33.8 Å². The SMILES string of the molecule is O=[N+]([O-])c1cccc(C#CCCBr)c1O. The first-order chi connectivity index (χ1) is 7.16. The molecule has 0 aromatic heterocycles. The van der Waals surface area contributed by atoms with Crippen LogP contribution in [-0.2, 0) is 0 Å². The maximum absolute atomic E-state index is 10.5. The monoisotopic (exact) mass is 269 g/mol. The third-order valence-corrected chi connectivity index (χ3v) is 2.05. The van der Waals surface area contributed by atoms with Crippen molar-refractivity contribution in [3.63, 3.8) is 0 Å². The Morgan fingerprint density at radius 3 is 2.87 bits per heavy atom. The van der Waals surface area contributed by atoms with Gasteiger partial charge in [0, 0.05) is 17.8 Å². The Labute approximate surface area is 95.2 Å². The minimum Gasteiger partial charge on any atom is -0.501 e. The summed E-state index contributed by atoms with van der Waals surface area (Å²) >= 11 is 3.21. The molecule has 0 unspecified atom stereocenters. The highest BCUT2D eigenvalue weighted by atomic mass is 79.9. The van der Waals surface area contributed by atoms with E-state index in [9.17, 15) is 15.2 Å². The highest BCUT2D eigenvalue weighted by Crippen LogP contribution is 2.28. The number of halogens is 1. The van der Waals surface area contributed by atoms with Crippen LogP contribution in [0.15, 0.2) is 18.2 Å². The molecule has 0 radical (unpaired) electrons. The number of para-hydroxylation sites is 1. The van der Waals surface area contributed by atoms with Crippen LogP contribution >= 0.6 is 15.9 Å². The molecule has 0 aliphatic rings. The number of hydrogen-bond donors (Lipinski definition) is 1. The van der Waals surface area contributed by atoms with Gasteiger partial charge in [0.15, 0.2) is 0 Å². The number of phenolic OH excluding ortho intramolecular Hbond substituents is 1. The van der Waals surface area contributed by atoms with E-state index in [1.165, 1.54) is 12.1 Å². The highest BCUT2D eigenvalue weighted by Gasteiger charge is 2.14. The van der Waals surface area contributed by atoms with Gasteiger partial charge in [0.2, 0.25) is 5.75 Å². The van der Waals surface area contributed by atoms with Crippen LogP contribution in [0.25, 0.3) is 0 Å². The molecular weight excluding hydrogens is 262 g/mol. The predicted molar refractivity (Wildman–Crippen MR) is 60.1 cm³/mol. The molecule has 5 heteroatoms. The minimum atomic E-state index is -0.634. The molecule has 1 N–H and O–H groups in total. The average molecular weight is 270 g/mol. The summed E-state index contributed by atoms with van der Waals surface area (Å²) in [6.45, 7) is 0. The van der Waals surface area contributed by atoms with Crippen molar-refractivity contribution in [2.24, 2.45) is 0 Å². The number of nitro benzene ring substituents is 1. The summed E-state index contributed by atoms with van der Waals surface area (Å²) in [7, 11) is 0. The van der Waals surface area contributed by atoms with Gasteiger partial charge in [-0.3, -0.25) is 10.1 Å². The van der Waals surface area contributed by atoms with Crippen LogP contribution in [0, 0.1) is 22.0 Å². The largest absolute Gasteiger partial charge is 0.501 e. The maximum Gasteiger partial charge on any atom is 0.312 e. The van der Waals surface area contributed by atoms with Crippen molar-refractivity contribution >= 4 is 21.6 Å². The number of rotatable bonds is 2. The molecule has 4 nitrogen and oxygen atoms in total. The van der Waals surface area contributed by atoms with Gasteiger partial charge in [0.1, 0.15) is 0 Å². The Hall–Kier alpha value is -1.54. The van der Waals surface area contributed by atoms with Gasteiger partial charge >= 0.3 is 5.69 Å². The van der Waals surface area contributed by atoms with E-state index in [1.54, 1.807) is 6.07 Å². The molecule has 15 heavy (non-hydrogen) atoms. The van der Waals surface area contributed by atoms with E-state index in [0.29, 0.717) is 6.42 Å². The minimum absolute atomic E-state index is 0.283. The van der Waals surface area contributed by atoms with Crippen LogP contribution in [0.1, 0.15) is 12.0 Å². The molecule has 1 aromatic carbocycles. The number of alkyl halides is 1. The van der Waals surface area contributed by atoms with Gasteiger partial charge in [-0.2, -0.15) is 0 Å². The second kappa shape index (κ2) is 5.37. The fraction of sp³-hybridized carbons (Fsp3) is 0.200. The molecule has 0 amide bonds. The Kier molecular flexibility index (Phi) is 4.13. The van der Waals surface area contributed by atoms with Crippen molar-refractivity contribution in [2.75, 3.05) is 5.33 Å². The fourth-order valence-electron chi connectivity index (χ4n) is 0.984. The first-order valence-corrected chi connectivity index (χ1v) is 5.30. The van der Waals surface area contributed by atoms with Crippen LogP contribution < -0.4 is 0 Å². The molecule has 0 bridgehead atoms. The molecule has 0 fully saturated rings. The molecule has 78 valence electrons. The van der Waals surface area contributed by atoms with Gasteiger partial charge in [0.25, 0.3) is 0 Å². The standard InChI is InChI=1S/C10H8BrNO3/c11-7-2-1-4-8-5-3-6-9(10(8)13)12(14)15/h3,5-6,13H,2,7H2. The van der Waals surface area contributed by atoms with Crippen molar-refractivity contribution < 1.29 is 10.0 Å². The van der Waals surface area contributed by atoms with Crippen LogP contribution in [0.5, 0.6) is 5.75 Å². The summed E-state index contributed by atoms with van der Waals surface area (Å²) in [6.07, 6.45) is 0.627.